The molecule has 2 aromatic rings. The van der Waals surface area contributed by atoms with Crippen LogP contribution in [0.3, 0.4) is 0 Å². The van der Waals surface area contributed by atoms with E-state index in [4.69, 9.17) is 11.6 Å². The number of benzene rings is 1. The maximum absolute atomic E-state index is 13.3. The van der Waals surface area contributed by atoms with Gasteiger partial charge in [-0.05, 0) is 44.7 Å². The lowest BCUT2D eigenvalue weighted by molar-refractivity contribution is 0.223. The molecule has 1 aliphatic rings. The molecule has 3 rings (SSSR count). The van der Waals surface area contributed by atoms with Gasteiger partial charge in [0.05, 0.1) is 16.4 Å². The average Bonchev–Trinajstić information content (AvgIpc) is 2.64. The van der Waals surface area contributed by atoms with Crippen LogP contribution in [-0.4, -0.2) is 9.55 Å². The summed E-state index contributed by atoms with van der Waals surface area (Å²) in [6.45, 7) is 4.14. The standard InChI is InChI=1S/C15H18ClFN2/c1-9(16)15-18-13-8-12(17)6-7-14(13)19(15)10(2)11-4-3-5-11/h6-11H,3-5H2,1-2H3. The highest BCUT2D eigenvalue weighted by atomic mass is 35.5. The SMILES string of the molecule is CC(Cl)c1nc2cc(F)ccc2n1C(C)C1CCC1. The quantitative estimate of drug-likeness (QED) is 0.736. The van der Waals surface area contributed by atoms with E-state index in [0.717, 1.165) is 11.3 Å². The summed E-state index contributed by atoms with van der Waals surface area (Å²) < 4.78 is 15.5. The third kappa shape index (κ3) is 2.14. The molecule has 0 amide bonds. The first kappa shape index (κ1) is 12.9. The van der Waals surface area contributed by atoms with Crippen LogP contribution >= 0.6 is 11.6 Å². The van der Waals surface area contributed by atoms with Gasteiger partial charge in [0.25, 0.3) is 0 Å². The highest BCUT2D eigenvalue weighted by Gasteiger charge is 2.29. The number of fused-ring (bicyclic) bond motifs is 1. The molecule has 1 saturated carbocycles. The number of halogens is 2. The smallest absolute Gasteiger partial charge is 0.127 e. The highest BCUT2D eigenvalue weighted by molar-refractivity contribution is 6.20. The van der Waals surface area contributed by atoms with Crippen LogP contribution in [0.25, 0.3) is 11.0 Å². The topological polar surface area (TPSA) is 17.8 Å². The van der Waals surface area contributed by atoms with E-state index in [-0.39, 0.29) is 11.2 Å². The number of hydrogen-bond donors (Lipinski definition) is 0. The average molecular weight is 281 g/mol. The number of rotatable bonds is 3. The number of aromatic nitrogens is 2. The Balaban J connectivity index is 2.15. The Morgan fingerprint density at radius 2 is 2.11 bits per heavy atom. The van der Waals surface area contributed by atoms with Crippen molar-refractivity contribution in [2.45, 2.75) is 44.5 Å². The van der Waals surface area contributed by atoms with Crippen LogP contribution in [0.4, 0.5) is 4.39 Å². The lowest BCUT2D eigenvalue weighted by atomic mass is 9.80. The minimum Gasteiger partial charge on any atom is -0.324 e. The van der Waals surface area contributed by atoms with Gasteiger partial charge in [0, 0.05) is 12.1 Å². The molecule has 1 heterocycles. The second kappa shape index (κ2) is 4.78. The Bertz CT molecular complexity index is 601. The van der Waals surface area contributed by atoms with E-state index in [1.54, 1.807) is 0 Å². The van der Waals surface area contributed by atoms with Crippen LogP contribution in [0.1, 0.15) is 50.4 Å². The van der Waals surface area contributed by atoms with Crippen molar-refractivity contribution in [3.63, 3.8) is 0 Å². The zero-order valence-corrected chi connectivity index (χ0v) is 12.0. The first-order valence-corrected chi connectivity index (χ1v) is 7.33. The molecule has 2 unspecified atom stereocenters. The largest absolute Gasteiger partial charge is 0.324 e. The van der Waals surface area contributed by atoms with Crippen molar-refractivity contribution < 1.29 is 4.39 Å². The summed E-state index contributed by atoms with van der Waals surface area (Å²) in [7, 11) is 0. The second-order valence-electron chi connectivity index (χ2n) is 5.52. The number of hydrogen-bond acceptors (Lipinski definition) is 1. The maximum atomic E-state index is 13.3. The van der Waals surface area contributed by atoms with E-state index in [2.05, 4.69) is 16.5 Å². The van der Waals surface area contributed by atoms with Crippen LogP contribution in [0, 0.1) is 11.7 Å². The van der Waals surface area contributed by atoms with E-state index in [0.29, 0.717) is 17.5 Å². The summed E-state index contributed by atoms with van der Waals surface area (Å²) in [4.78, 5) is 4.53. The van der Waals surface area contributed by atoms with E-state index in [1.165, 1.54) is 31.4 Å². The molecule has 1 aromatic carbocycles. The van der Waals surface area contributed by atoms with Gasteiger partial charge in [0.2, 0.25) is 0 Å². The predicted molar refractivity (Wildman–Crippen MR) is 76.0 cm³/mol. The molecular weight excluding hydrogens is 263 g/mol. The Hall–Kier alpha value is -1.09. The molecule has 0 radical (unpaired) electrons. The molecule has 0 spiro atoms. The van der Waals surface area contributed by atoms with Crippen molar-refractivity contribution in [1.29, 1.82) is 0 Å². The lowest BCUT2D eigenvalue weighted by Gasteiger charge is -2.33. The summed E-state index contributed by atoms with van der Waals surface area (Å²) >= 11 is 6.25. The van der Waals surface area contributed by atoms with E-state index < -0.39 is 0 Å². The van der Waals surface area contributed by atoms with E-state index in [1.807, 2.05) is 13.0 Å². The fourth-order valence-electron chi connectivity index (χ4n) is 2.93. The molecule has 1 aliphatic carbocycles. The van der Waals surface area contributed by atoms with Gasteiger partial charge in [-0.3, -0.25) is 0 Å². The maximum Gasteiger partial charge on any atom is 0.127 e. The monoisotopic (exact) mass is 280 g/mol. The van der Waals surface area contributed by atoms with Gasteiger partial charge in [0.15, 0.2) is 0 Å². The minimum absolute atomic E-state index is 0.169. The van der Waals surface area contributed by atoms with Crippen LogP contribution in [0.5, 0.6) is 0 Å². The summed E-state index contributed by atoms with van der Waals surface area (Å²) in [6, 6.07) is 5.18. The summed E-state index contributed by atoms with van der Waals surface area (Å²) in [6.07, 6.45) is 3.83. The van der Waals surface area contributed by atoms with Crippen molar-refractivity contribution in [1.82, 2.24) is 9.55 Å². The Morgan fingerprint density at radius 3 is 2.68 bits per heavy atom. The summed E-state index contributed by atoms with van der Waals surface area (Å²) in [5.41, 5.74) is 1.69. The lowest BCUT2D eigenvalue weighted by Crippen LogP contribution is -2.24. The molecule has 1 fully saturated rings. The van der Waals surface area contributed by atoms with E-state index in [9.17, 15) is 4.39 Å². The zero-order chi connectivity index (χ0) is 13.6. The first-order valence-electron chi connectivity index (χ1n) is 6.89. The van der Waals surface area contributed by atoms with Crippen LogP contribution in [0.15, 0.2) is 18.2 Å². The molecule has 0 aliphatic heterocycles. The Morgan fingerprint density at radius 1 is 1.37 bits per heavy atom. The first-order chi connectivity index (χ1) is 9.08. The molecule has 2 atom stereocenters. The molecule has 0 saturated heterocycles. The molecule has 4 heteroatoms. The van der Waals surface area contributed by atoms with Crippen LogP contribution in [-0.2, 0) is 0 Å². The van der Waals surface area contributed by atoms with Gasteiger partial charge in [0.1, 0.15) is 11.6 Å². The number of imidazole rings is 1. The molecule has 1 aromatic heterocycles. The predicted octanol–water partition coefficient (Wildman–Crippen LogP) is 4.84. The molecular formula is C15H18ClFN2. The van der Waals surface area contributed by atoms with Gasteiger partial charge in [-0.1, -0.05) is 6.42 Å². The zero-order valence-electron chi connectivity index (χ0n) is 11.2. The van der Waals surface area contributed by atoms with Gasteiger partial charge in [-0.15, -0.1) is 11.6 Å². The third-order valence-corrected chi connectivity index (χ3v) is 4.47. The van der Waals surface area contributed by atoms with Crippen LogP contribution < -0.4 is 0 Å². The normalized spacial score (nSPS) is 19.4. The highest BCUT2D eigenvalue weighted by Crippen LogP contribution is 2.39. The van der Waals surface area contributed by atoms with Gasteiger partial charge in [-0.25, -0.2) is 9.37 Å². The molecule has 2 nitrogen and oxygen atoms in total. The van der Waals surface area contributed by atoms with Crippen molar-refractivity contribution >= 4 is 22.6 Å². The summed E-state index contributed by atoms with van der Waals surface area (Å²) in [5.74, 6) is 1.29. The van der Waals surface area contributed by atoms with Gasteiger partial charge in [-0.2, -0.15) is 0 Å². The molecule has 0 bridgehead atoms. The van der Waals surface area contributed by atoms with Crippen molar-refractivity contribution in [2.24, 2.45) is 5.92 Å². The number of alkyl halides is 1. The Labute approximate surface area is 117 Å². The van der Waals surface area contributed by atoms with Gasteiger partial charge < -0.3 is 4.57 Å². The van der Waals surface area contributed by atoms with Crippen molar-refractivity contribution in [2.75, 3.05) is 0 Å². The fourth-order valence-corrected chi connectivity index (χ4v) is 3.09. The van der Waals surface area contributed by atoms with E-state index >= 15 is 0 Å². The molecule has 102 valence electrons. The second-order valence-corrected chi connectivity index (χ2v) is 6.18. The van der Waals surface area contributed by atoms with Crippen LogP contribution in [0.2, 0.25) is 0 Å². The Kier molecular flexibility index (Phi) is 3.25. The number of nitrogens with zero attached hydrogens (tertiary/aromatic N) is 2. The summed E-state index contributed by atoms with van der Waals surface area (Å²) in [5, 5.41) is -0.169. The molecule has 0 N–H and O–H groups in total. The van der Waals surface area contributed by atoms with Gasteiger partial charge >= 0.3 is 0 Å². The van der Waals surface area contributed by atoms with Crippen molar-refractivity contribution in [3.05, 3.63) is 29.8 Å². The third-order valence-electron chi connectivity index (χ3n) is 4.27. The fraction of sp³-hybridized carbons (Fsp3) is 0.533. The molecule has 19 heavy (non-hydrogen) atoms. The minimum atomic E-state index is -0.248. The van der Waals surface area contributed by atoms with Crippen molar-refractivity contribution in [3.8, 4) is 0 Å².